The van der Waals surface area contributed by atoms with E-state index in [4.69, 9.17) is 10.5 Å². The summed E-state index contributed by atoms with van der Waals surface area (Å²) in [6.07, 6.45) is -5.80. The number of alkyl halides is 3. The number of nitrogens with one attached hydrogen (secondary N) is 1. The molecule has 2 aromatic rings. The smallest absolute Gasteiger partial charge is 0.495 e. The summed E-state index contributed by atoms with van der Waals surface area (Å²) in [5.41, 5.74) is 6.77. The molecule has 0 heterocycles. The number of nitrogens with zero attached hydrogens (tertiary/aromatic N) is 1. The molecular weight excluding hydrogens is 351 g/mol. The van der Waals surface area contributed by atoms with Gasteiger partial charge in [0.2, 0.25) is 0 Å². The summed E-state index contributed by atoms with van der Waals surface area (Å²) in [6, 6.07) is 12.0. The fourth-order valence-corrected chi connectivity index (χ4v) is 2.11. The number of aliphatic hydroxyl groups excluding tert-OH is 1. The molecule has 0 bridgehead atoms. The van der Waals surface area contributed by atoms with Crippen molar-refractivity contribution < 1.29 is 27.8 Å². The van der Waals surface area contributed by atoms with Crippen LogP contribution in [0, 0.1) is 0 Å². The predicted molar refractivity (Wildman–Crippen MR) is 91.2 cm³/mol. The topological polar surface area (TPSA) is 89.1 Å². The van der Waals surface area contributed by atoms with Crippen molar-refractivity contribution in [3.8, 4) is 11.5 Å². The zero-order valence-electron chi connectivity index (χ0n) is 13.8. The highest BCUT2D eigenvalue weighted by molar-refractivity contribution is 5.93. The van der Waals surface area contributed by atoms with Crippen molar-refractivity contribution in [3.63, 3.8) is 0 Å². The van der Waals surface area contributed by atoms with Crippen LogP contribution < -0.4 is 20.5 Å². The van der Waals surface area contributed by atoms with Gasteiger partial charge in [-0.2, -0.15) is 0 Å². The highest BCUT2D eigenvalue weighted by Gasteiger charge is 2.31. The molecule has 26 heavy (non-hydrogen) atoms. The lowest BCUT2D eigenvalue weighted by Gasteiger charge is -2.13. The van der Waals surface area contributed by atoms with Crippen molar-refractivity contribution in [1.29, 1.82) is 0 Å². The number of hydrogen-bond donors (Lipinski definition) is 3. The van der Waals surface area contributed by atoms with E-state index in [0.717, 1.165) is 12.1 Å². The molecule has 0 aliphatic carbocycles. The van der Waals surface area contributed by atoms with Crippen LogP contribution in [0.15, 0.2) is 53.5 Å². The van der Waals surface area contributed by atoms with E-state index < -0.39 is 12.5 Å². The number of benzene rings is 2. The van der Waals surface area contributed by atoms with Gasteiger partial charge in [0.05, 0.1) is 25.4 Å². The van der Waals surface area contributed by atoms with E-state index in [1.807, 2.05) is 0 Å². The minimum absolute atomic E-state index is 0.0607. The number of guanidine groups is 1. The molecule has 0 aliphatic heterocycles. The molecule has 9 heteroatoms. The van der Waals surface area contributed by atoms with Gasteiger partial charge >= 0.3 is 6.36 Å². The van der Waals surface area contributed by atoms with Gasteiger partial charge in [0.15, 0.2) is 5.96 Å². The van der Waals surface area contributed by atoms with Crippen LogP contribution in [-0.2, 0) is 0 Å². The van der Waals surface area contributed by atoms with Crippen molar-refractivity contribution in [1.82, 2.24) is 0 Å². The van der Waals surface area contributed by atoms with Gasteiger partial charge in [-0.25, -0.2) is 0 Å². The minimum Gasteiger partial charge on any atom is -0.495 e. The van der Waals surface area contributed by atoms with Crippen molar-refractivity contribution in [2.45, 2.75) is 12.5 Å². The molecule has 6 nitrogen and oxygen atoms in total. The molecule has 1 unspecified atom stereocenters. The summed E-state index contributed by atoms with van der Waals surface area (Å²) in [6.45, 7) is -0.0759. The lowest BCUT2D eigenvalue weighted by Crippen LogP contribution is -2.24. The molecular formula is C17H18F3N3O3. The van der Waals surface area contributed by atoms with E-state index in [-0.39, 0.29) is 18.3 Å². The monoisotopic (exact) mass is 369 g/mol. The second kappa shape index (κ2) is 8.43. The Bertz CT molecular complexity index is 749. The summed E-state index contributed by atoms with van der Waals surface area (Å²) in [5.74, 6) is 0.270. The lowest BCUT2D eigenvalue weighted by atomic mass is 10.1. The van der Waals surface area contributed by atoms with Crippen LogP contribution in [0.4, 0.5) is 18.9 Å². The van der Waals surface area contributed by atoms with Gasteiger partial charge < -0.3 is 25.6 Å². The molecule has 0 amide bonds. The van der Waals surface area contributed by atoms with Crippen LogP contribution in [-0.4, -0.2) is 31.1 Å². The van der Waals surface area contributed by atoms with Crippen LogP contribution in [0.2, 0.25) is 0 Å². The Kier molecular flexibility index (Phi) is 6.29. The molecule has 0 spiro atoms. The van der Waals surface area contributed by atoms with Gasteiger partial charge in [-0.05, 0) is 29.8 Å². The van der Waals surface area contributed by atoms with E-state index in [1.165, 1.54) is 19.2 Å². The number of hydrogen-bond acceptors (Lipinski definition) is 4. The first-order chi connectivity index (χ1) is 12.3. The zero-order valence-corrected chi connectivity index (χ0v) is 13.8. The number of ether oxygens (including phenoxy) is 2. The number of aliphatic imine (C=N–C) groups is 1. The third kappa shape index (κ3) is 5.85. The van der Waals surface area contributed by atoms with Crippen LogP contribution in [0.1, 0.15) is 11.7 Å². The lowest BCUT2D eigenvalue weighted by molar-refractivity contribution is -0.274. The number of para-hydroxylation sites is 2. The van der Waals surface area contributed by atoms with E-state index in [1.54, 1.807) is 24.3 Å². The number of anilines is 1. The van der Waals surface area contributed by atoms with Gasteiger partial charge in [-0.3, -0.25) is 4.99 Å². The van der Waals surface area contributed by atoms with Crippen molar-refractivity contribution in [2.24, 2.45) is 10.7 Å². The van der Waals surface area contributed by atoms with Crippen LogP contribution >= 0.6 is 0 Å². The van der Waals surface area contributed by atoms with Crippen LogP contribution in [0.3, 0.4) is 0 Å². The average molecular weight is 369 g/mol. The zero-order chi connectivity index (χ0) is 19.2. The van der Waals surface area contributed by atoms with Gasteiger partial charge in [-0.15, -0.1) is 13.2 Å². The summed E-state index contributed by atoms with van der Waals surface area (Å²) < 4.78 is 45.3. The van der Waals surface area contributed by atoms with E-state index >= 15 is 0 Å². The fourth-order valence-electron chi connectivity index (χ4n) is 2.11. The first-order valence-electron chi connectivity index (χ1n) is 7.52. The van der Waals surface area contributed by atoms with Gasteiger partial charge in [-0.1, -0.05) is 24.3 Å². The van der Waals surface area contributed by atoms with Crippen molar-refractivity contribution in [2.75, 3.05) is 19.0 Å². The third-order valence-electron chi connectivity index (χ3n) is 3.30. The Balaban J connectivity index is 1.96. The number of halogens is 3. The van der Waals surface area contributed by atoms with Crippen molar-refractivity contribution >= 4 is 11.6 Å². The molecule has 0 fully saturated rings. The summed E-state index contributed by atoms with van der Waals surface area (Å²) in [7, 11) is 1.52. The third-order valence-corrected chi connectivity index (χ3v) is 3.30. The first-order valence-corrected chi connectivity index (χ1v) is 7.52. The average Bonchev–Trinajstić information content (AvgIpc) is 2.59. The van der Waals surface area contributed by atoms with Crippen LogP contribution in [0.25, 0.3) is 0 Å². The number of nitrogens with two attached hydrogens (primary N) is 1. The molecule has 2 aromatic carbocycles. The Labute approximate surface area is 148 Å². The fraction of sp³-hybridized carbons (Fsp3) is 0.235. The highest BCUT2D eigenvalue weighted by Crippen LogP contribution is 2.25. The summed E-state index contributed by atoms with van der Waals surface area (Å²) in [4.78, 5) is 4.02. The molecule has 1 atom stereocenters. The van der Waals surface area contributed by atoms with Crippen LogP contribution in [0.5, 0.6) is 11.5 Å². The predicted octanol–water partition coefficient (Wildman–Crippen LogP) is 3.05. The minimum atomic E-state index is -4.76. The Morgan fingerprint density at radius 3 is 2.46 bits per heavy atom. The molecule has 2 rings (SSSR count). The summed E-state index contributed by atoms with van der Waals surface area (Å²) >= 11 is 0. The molecule has 0 saturated heterocycles. The van der Waals surface area contributed by atoms with Gasteiger partial charge in [0, 0.05) is 0 Å². The SMILES string of the molecule is COc1ccccc1NC(N)=NCC(O)c1ccc(OC(F)(F)F)cc1. The Morgan fingerprint density at radius 1 is 1.19 bits per heavy atom. The Morgan fingerprint density at radius 2 is 1.85 bits per heavy atom. The van der Waals surface area contributed by atoms with E-state index in [9.17, 15) is 18.3 Å². The molecule has 0 radical (unpaired) electrons. The number of aliphatic hydroxyl groups is 1. The molecule has 0 saturated carbocycles. The molecule has 0 aliphatic rings. The Hall–Kier alpha value is -2.94. The molecule has 0 aromatic heterocycles. The largest absolute Gasteiger partial charge is 0.573 e. The maximum absolute atomic E-state index is 12.1. The highest BCUT2D eigenvalue weighted by atomic mass is 19.4. The second-order valence-corrected chi connectivity index (χ2v) is 5.18. The normalized spacial score (nSPS) is 13.2. The van der Waals surface area contributed by atoms with E-state index in [0.29, 0.717) is 17.0 Å². The number of rotatable bonds is 6. The van der Waals surface area contributed by atoms with Crippen molar-refractivity contribution in [3.05, 3.63) is 54.1 Å². The number of methoxy groups -OCH3 is 1. The molecule has 4 N–H and O–H groups in total. The van der Waals surface area contributed by atoms with Gasteiger partial charge in [0.25, 0.3) is 0 Å². The second-order valence-electron chi connectivity index (χ2n) is 5.18. The quantitative estimate of drug-likeness (QED) is 0.538. The maximum atomic E-state index is 12.1. The standard InChI is InChI=1S/C17H18F3N3O3/c1-25-15-5-3-2-4-13(15)23-16(21)22-10-14(24)11-6-8-12(9-7-11)26-17(18,19)20/h2-9,14,24H,10H2,1H3,(H3,21,22,23). The maximum Gasteiger partial charge on any atom is 0.573 e. The molecule has 140 valence electrons. The summed E-state index contributed by atoms with van der Waals surface area (Å²) in [5, 5.41) is 12.9. The first kappa shape index (κ1) is 19.4. The van der Waals surface area contributed by atoms with Gasteiger partial charge in [0.1, 0.15) is 11.5 Å². The van der Waals surface area contributed by atoms with E-state index in [2.05, 4.69) is 15.0 Å².